The third kappa shape index (κ3) is 3.12. The van der Waals surface area contributed by atoms with Gasteiger partial charge in [-0.15, -0.1) is 0 Å². The molecular formula is C11H20N2O3. The number of carbonyl (C=O) groups is 2. The fourth-order valence-electron chi connectivity index (χ4n) is 1.58. The number of hydrogen-bond donors (Lipinski definition) is 0. The van der Waals surface area contributed by atoms with Gasteiger partial charge in [0.1, 0.15) is 12.1 Å². The second-order valence-corrected chi connectivity index (χ2v) is 5.23. The quantitative estimate of drug-likeness (QED) is 0.623. The smallest absolute Gasteiger partial charge is 0.411 e. The first-order chi connectivity index (χ1) is 7.20. The molecule has 0 aromatic carbocycles. The first-order valence-electron chi connectivity index (χ1n) is 5.44. The molecule has 0 aliphatic carbocycles. The summed E-state index contributed by atoms with van der Waals surface area (Å²) in [5.74, 6) is -0.0519. The Morgan fingerprint density at radius 1 is 1.44 bits per heavy atom. The molecule has 1 aliphatic heterocycles. The highest BCUT2D eigenvalue weighted by Gasteiger charge is 2.33. The zero-order valence-electron chi connectivity index (χ0n) is 10.6. The van der Waals surface area contributed by atoms with Crippen molar-refractivity contribution in [3.8, 4) is 0 Å². The van der Waals surface area contributed by atoms with Crippen LogP contribution in [-0.2, 0) is 9.53 Å². The fraction of sp³-hybridized carbons (Fsp3) is 0.818. The molecule has 0 saturated carbocycles. The normalized spacial score (nSPS) is 22.3. The van der Waals surface area contributed by atoms with E-state index in [9.17, 15) is 9.59 Å². The number of ether oxygens (including phenoxy) is 1. The highest BCUT2D eigenvalue weighted by molar-refractivity contribution is 5.83. The third-order valence-corrected chi connectivity index (χ3v) is 2.43. The largest absolute Gasteiger partial charge is 0.444 e. The predicted octanol–water partition coefficient (Wildman–Crippen LogP) is 1.08. The van der Waals surface area contributed by atoms with Gasteiger partial charge >= 0.3 is 6.09 Å². The summed E-state index contributed by atoms with van der Waals surface area (Å²) in [4.78, 5) is 26.4. The van der Waals surface area contributed by atoms with Gasteiger partial charge in [0.2, 0.25) is 5.91 Å². The van der Waals surface area contributed by atoms with Crippen LogP contribution in [0.2, 0.25) is 0 Å². The van der Waals surface area contributed by atoms with E-state index in [-0.39, 0.29) is 18.5 Å². The van der Waals surface area contributed by atoms with E-state index in [4.69, 9.17) is 4.74 Å². The van der Waals surface area contributed by atoms with Crippen LogP contribution in [0.1, 0.15) is 27.7 Å². The molecule has 5 heteroatoms. The van der Waals surface area contributed by atoms with Crippen molar-refractivity contribution in [1.29, 1.82) is 0 Å². The van der Waals surface area contributed by atoms with E-state index in [1.807, 2.05) is 27.7 Å². The van der Waals surface area contributed by atoms with Crippen molar-refractivity contribution in [1.82, 2.24) is 9.80 Å². The summed E-state index contributed by atoms with van der Waals surface area (Å²) in [6.45, 7) is 8.01. The van der Waals surface area contributed by atoms with Gasteiger partial charge in [0, 0.05) is 13.6 Å². The molecule has 16 heavy (non-hydrogen) atoms. The second-order valence-electron chi connectivity index (χ2n) is 5.23. The summed E-state index contributed by atoms with van der Waals surface area (Å²) < 4.78 is 5.25. The molecule has 0 aromatic rings. The van der Waals surface area contributed by atoms with Gasteiger partial charge in [-0.3, -0.25) is 9.69 Å². The molecule has 2 amide bonds. The van der Waals surface area contributed by atoms with Gasteiger partial charge in [-0.1, -0.05) is 0 Å². The Morgan fingerprint density at radius 3 is 2.50 bits per heavy atom. The van der Waals surface area contributed by atoms with Gasteiger partial charge in [0.05, 0.1) is 6.04 Å². The zero-order valence-corrected chi connectivity index (χ0v) is 10.6. The second kappa shape index (κ2) is 4.31. The van der Waals surface area contributed by atoms with Gasteiger partial charge in [-0.2, -0.15) is 0 Å². The minimum Gasteiger partial charge on any atom is -0.444 e. The number of carbonyl (C=O) groups excluding carboxylic acids is 2. The molecule has 0 aromatic heterocycles. The first-order valence-corrected chi connectivity index (χ1v) is 5.44. The molecule has 0 spiro atoms. The molecular weight excluding hydrogens is 208 g/mol. The maximum absolute atomic E-state index is 11.8. The SMILES string of the molecule is CC1CN(C)C(=O)CN1C(=O)OC(C)(C)C. The summed E-state index contributed by atoms with van der Waals surface area (Å²) >= 11 is 0. The van der Waals surface area contributed by atoms with Crippen molar-refractivity contribution in [2.45, 2.75) is 39.3 Å². The van der Waals surface area contributed by atoms with Gasteiger partial charge < -0.3 is 9.64 Å². The molecule has 1 aliphatic rings. The number of amides is 2. The van der Waals surface area contributed by atoms with Crippen LogP contribution in [0.3, 0.4) is 0 Å². The van der Waals surface area contributed by atoms with Gasteiger partial charge in [-0.25, -0.2) is 4.79 Å². The van der Waals surface area contributed by atoms with E-state index in [1.165, 1.54) is 4.90 Å². The highest BCUT2D eigenvalue weighted by atomic mass is 16.6. The molecule has 1 saturated heterocycles. The number of piperazine rings is 1. The molecule has 0 radical (unpaired) electrons. The lowest BCUT2D eigenvalue weighted by Crippen LogP contribution is -2.56. The van der Waals surface area contributed by atoms with E-state index >= 15 is 0 Å². The molecule has 1 unspecified atom stereocenters. The van der Waals surface area contributed by atoms with Crippen LogP contribution in [0.25, 0.3) is 0 Å². The highest BCUT2D eigenvalue weighted by Crippen LogP contribution is 2.15. The Bertz CT molecular complexity index is 296. The van der Waals surface area contributed by atoms with Crippen molar-refractivity contribution in [2.75, 3.05) is 20.1 Å². The Balaban J connectivity index is 2.66. The van der Waals surface area contributed by atoms with Crippen molar-refractivity contribution < 1.29 is 14.3 Å². The number of nitrogens with zero attached hydrogens (tertiary/aromatic N) is 2. The first kappa shape index (κ1) is 12.8. The van der Waals surface area contributed by atoms with Crippen LogP contribution in [0, 0.1) is 0 Å². The molecule has 0 N–H and O–H groups in total. The third-order valence-electron chi connectivity index (χ3n) is 2.43. The lowest BCUT2D eigenvalue weighted by molar-refractivity contribution is -0.136. The standard InChI is InChI=1S/C11H20N2O3/c1-8-6-12(5)9(14)7-13(8)10(15)16-11(2,3)4/h8H,6-7H2,1-5H3. The fourth-order valence-corrected chi connectivity index (χ4v) is 1.58. The van der Waals surface area contributed by atoms with Crippen molar-refractivity contribution in [2.24, 2.45) is 0 Å². The van der Waals surface area contributed by atoms with Crippen molar-refractivity contribution >= 4 is 12.0 Å². The van der Waals surface area contributed by atoms with Crippen molar-refractivity contribution in [3.63, 3.8) is 0 Å². The Kier molecular flexibility index (Phi) is 3.45. The van der Waals surface area contributed by atoms with Crippen LogP contribution in [0.4, 0.5) is 4.79 Å². The zero-order chi connectivity index (χ0) is 12.5. The van der Waals surface area contributed by atoms with Crippen LogP contribution < -0.4 is 0 Å². The molecule has 0 bridgehead atoms. The predicted molar refractivity (Wildman–Crippen MR) is 60.0 cm³/mol. The Labute approximate surface area is 96.3 Å². The van der Waals surface area contributed by atoms with Crippen LogP contribution in [0.15, 0.2) is 0 Å². The minimum atomic E-state index is -0.525. The molecule has 1 atom stereocenters. The Hall–Kier alpha value is -1.26. The maximum Gasteiger partial charge on any atom is 0.411 e. The summed E-state index contributed by atoms with van der Waals surface area (Å²) in [5.41, 5.74) is -0.525. The minimum absolute atomic E-state index is 0.00227. The summed E-state index contributed by atoms with van der Waals surface area (Å²) in [5, 5.41) is 0. The topological polar surface area (TPSA) is 49.9 Å². The van der Waals surface area contributed by atoms with Crippen molar-refractivity contribution in [3.05, 3.63) is 0 Å². The molecule has 1 fully saturated rings. The van der Waals surface area contributed by atoms with E-state index < -0.39 is 11.7 Å². The van der Waals surface area contributed by atoms with Gasteiger partial charge in [-0.05, 0) is 27.7 Å². The Morgan fingerprint density at radius 2 is 2.00 bits per heavy atom. The van der Waals surface area contributed by atoms with Gasteiger partial charge in [0.15, 0.2) is 0 Å². The average molecular weight is 228 g/mol. The molecule has 1 heterocycles. The summed E-state index contributed by atoms with van der Waals surface area (Å²) in [6, 6.07) is -0.00227. The van der Waals surface area contributed by atoms with Crippen LogP contribution in [0.5, 0.6) is 0 Å². The summed E-state index contributed by atoms with van der Waals surface area (Å²) in [6.07, 6.45) is -0.415. The van der Waals surface area contributed by atoms with E-state index in [0.717, 1.165) is 0 Å². The van der Waals surface area contributed by atoms with Crippen LogP contribution >= 0.6 is 0 Å². The lowest BCUT2D eigenvalue weighted by atomic mass is 10.2. The van der Waals surface area contributed by atoms with E-state index in [0.29, 0.717) is 6.54 Å². The van der Waals surface area contributed by atoms with Crippen LogP contribution in [-0.4, -0.2) is 53.6 Å². The molecule has 1 rings (SSSR count). The molecule has 5 nitrogen and oxygen atoms in total. The van der Waals surface area contributed by atoms with Gasteiger partial charge in [0.25, 0.3) is 0 Å². The lowest BCUT2D eigenvalue weighted by Gasteiger charge is -2.38. The number of hydrogen-bond acceptors (Lipinski definition) is 3. The monoisotopic (exact) mass is 228 g/mol. The average Bonchev–Trinajstić information content (AvgIpc) is 2.08. The number of likely N-dealkylation sites (N-methyl/N-ethyl adjacent to an activating group) is 1. The van der Waals surface area contributed by atoms with E-state index in [1.54, 1.807) is 11.9 Å². The summed E-state index contributed by atoms with van der Waals surface area (Å²) in [7, 11) is 1.74. The molecule has 92 valence electrons. The van der Waals surface area contributed by atoms with E-state index in [2.05, 4.69) is 0 Å². The maximum atomic E-state index is 11.8. The number of rotatable bonds is 0.